The molecule has 0 spiro atoms. The smallest absolute Gasteiger partial charge is 0.309 e. The van der Waals surface area contributed by atoms with Crippen molar-refractivity contribution >= 4 is 34.8 Å². The van der Waals surface area contributed by atoms with Crippen molar-refractivity contribution in [3.63, 3.8) is 0 Å². The molecule has 0 unspecified atom stereocenters. The zero-order chi connectivity index (χ0) is 22.8. The Bertz CT molecular complexity index is 1010. The summed E-state index contributed by atoms with van der Waals surface area (Å²) in [7, 11) is 0. The van der Waals surface area contributed by atoms with Crippen LogP contribution in [0, 0.1) is 17.2 Å². The summed E-state index contributed by atoms with van der Waals surface area (Å²) in [5.74, 6) is 0.540. The zero-order valence-electron chi connectivity index (χ0n) is 18.1. The molecule has 8 heteroatoms. The molecular formula is C24H27N5O2S. The molecule has 2 aromatic carbocycles. The topological polar surface area (TPSA) is 104 Å². The van der Waals surface area contributed by atoms with Gasteiger partial charge < -0.3 is 15.4 Å². The molecule has 1 saturated heterocycles. The van der Waals surface area contributed by atoms with Crippen LogP contribution in [0.15, 0.2) is 58.7 Å². The minimum absolute atomic E-state index is 0.0637. The van der Waals surface area contributed by atoms with Gasteiger partial charge in [0.15, 0.2) is 5.17 Å². The number of hydrogen-bond acceptors (Lipinski definition) is 7. The normalized spacial score (nSPS) is 15.0. The number of anilines is 1. The minimum atomic E-state index is -0.124. The fourth-order valence-corrected chi connectivity index (χ4v) is 4.14. The quantitative estimate of drug-likeness (QED) is 0.297. The molecule has 0 aromatic heterocycles. The number of hydrogen-bond donors (Lipinski definition) is 1. The van der Waals surface area contributed by atoms with Crippen LogP contribution < -0.4 is 10.6 Å². The van der Waals surface area contributed by atoms with Gasteiger partial charge in [-0.1, -0.05) is 48.2 Å². The van der Waals surface area contributed by atoms with Crippen molar-refractivity contribution in [3.05, 3.63) is 65.2 Å². The molecule has 0 bridgehead atoms. The Morgan fingerprint density at radius 2 is 2.03 bits per heavy atom. The largest absolute Gasteiger partial charge is 0.466 e. The number of benzene rings is 2. The Balaban J connectivity index is 1.58. The van der Waals surface area contributed by atoms with Gasteiger partial charge in [-0.25, -0.2) is 0 Å². The van der Waals surface area contributed by atoms with Crippen molar-refractivity contribution in [2.45, 2.75) is 25.5 Å². The maximum absolute atomic E-state index is 11.9. The van der Waals surface area contributed by atoms with E-state index in [0.717, 1.165) is 29.8 Å². The monoisotopic (exact) mass is 449 g/mol. The molecule has 3 rings (SSSR count). The van der Waals surface area contributed by atoms with Crippen molar-refractivity contribution in [2.75, 3.05) is 24.6 Å². The van der Waals surface area contributed by atoms with Gasteiger partial charge in [-0.2, -0.15) is 10.4 Å². The van der Waals surface area contributed by atoms with Gasteiger partial charge in [0.2, 0.25) is 0 Å². The van der Waals surface area contributed by atoms with E-state index in [1.165, 1.54) is 17.3 Å². The lowest BCUT2D eigenvalue weighted by Gasteiger charge is -2.33. The van der Waals surface area contributed by atoms with Crippen LogP contribution in [0.1, 0.15) is 36.5 Å². The highest BCUT2D eigenvalue weighted by Crippen LogP contribution is 2.27. The van der Waals surface area contributed by atoms with E-state index in [1.54, 1.807) is 12.3 Å². The van der Waals surface area contributed by atoms with E-state index in [0.29, 0.717) is 30.4 Å². The van der Waals surface area contributed by atoms with Crippen molar-refractivity contribution in [3.8, 4) is 6.07 Å². The van der Waals surface area contributed by atoms with Crippen molar-refractivity contribution < 1.29 is 9.53 Å². The van der Waals surface area contributed by atoms with Crippen LogP contribution in [-0.2, 0) is 15.3 Å². The first kappa shape index (κ1) is 23.4. The number of amidine groups is 1. The number of nitrogens with two attached hydrogens (primary N) is 1. The highest BCUT2D eigenvalue weighted by molar-refractivity contribution is 8.13. The Hall–Kier alpha value is -3.31. The van der Waals surface area contributed by atoms with Gasteiger partial charge in [0.1, 0.15) is 6.07 Å². The molecule has 0 atom stereocenters. The summed E-state index contributed by atoms with van der Waals surface area (Å²) in [6.07, 6.45) is 3.04. The first-order valence-corrected chi connectivity index (χ1v) is 11.6. The Labute approximate surface area is 193 Å². The van der Waals surface area contributed by atoms with Crippen LogP contribution in [0.5, 0.6) is 0 Å². The average molecular weight is 450 g/mol. The molecule has 1 fully saturated rings. The van der Waals surface area contributed by atoms with Crippen LogP contribution in [-0.4, -0.2) is 37.0 Å². The molecular weight excluding hydrogens is 422 g/mol. The maximum atomic E-state index is 11.9. The third-order valence-electron chi connectivity index (χ3n) is 5.19. The fourth-order valence-electron chi connectivity index (χ4n) is 3.53. The summed E-state index contributed by atoms with van der Waals surface area (Å²) >= 11 is 1.42. The van der Waals surface area contributed by atoms with E-state index in [4.69, 9.17) is 10.5 Å². The summed E-state index contributed by atoms with van der Waals surface area (Å²) in [6.45, 7) is 3.65. The summed E-state index contributed by atoms with van der Waals surface area (Å²) in [5.41, 5.74) is 9.30. The van der Waals surface area contributed by atoms with Gasteiger partial charge in [0, 0.05) is 18.8 Å². The van der Waals surface area contributed by atoms with Gasteiger partial charge in [-0.15, -0.1) is 5.10 Å². The molecule has 0 amide bonds. The summed E-state index contributed by atoms with van der Waals surface area (Å²) < 4.78 is 5.13. The predicted molar refractivity (Wildman–Crippen MR) is 130 cm³/mol. The predicted octanol–water partition coefficient (Wildman–Crippen LogP) is 3.92. The summed E-state index contributed by atoms with van der Waals surface area (Å²) in [4.78, 5) is 14.1. The number of rotatable bonds is 7. The highest BCUT2D eigenvalue weighted by atomic mass is 32.2. The molecule has 2 aromatic rings. The van der Waals surface area contributed by atoms with Crippen molar-refractivity contribution in [1.29, 1.82) is 5.26 Å². The van der Waals surface area contributed by atoms with Gasteiger partial charge in [-0.05, 0) is 43.0 Å². The van der Waals surface area contributed by atoms with E-state index in [9.17, 15) is 10.1 Å². The molecule has 2 N–H and O–H groups in total. The van der Waals surface area contributed by atoms with E-state index in [2.05, 4.69) is 21.2 Å². The number of ether oxygens (including phenoxy) is 1. The number of piperidine rings is 1. The van der Waals surface area contributed by atoms with Crippen LogP contribution in [0.25, 0.3) is 0 Å². The first-order valence-electron chi connectivity index (χ1n) is 10.6. The van der Waals surface area contributed by atoms with Crippen LogP contribution >= 0.6 is 11.8 Å². The zero-order valence-corrected chi connectivity index (χ0v) is 18.9. The number of nitrogens with zero attached hydrogens (tertiary/aromatic N) is 4. The molecule has 32 heavy (non-hydrogen) atoms. The second-order valence-corrected chi connectivity index (χ2v) is 8.35. The maximum Gasteiger partial charge on any atom is 0.309 e. The molecule has 1 aliphatic heterocycles. The molecule has 7 nitrogen and oxygen atoms in total. The van der Waals surface area contributed by atoms with E-state index >= 15 is 0 Å². The van der Waals surface area contributed by atoms with Crippen LogP contribution in [0.3, 0.4) is 0 Å². The van der Waals surface area contributed by atoms with Gasteiger partial charge in [0.25, 0.3) is 0 Å². The lowest BCUT2D eigenvalue weighted by atomic mass is 9.96. The Morgan fingerprint density at radius 3 is 2.72 bits per heavy atom. The highest BCUT2D eigenvalue weighted by Gasteiger charge is 2.27. The second kappa shape index (κ2) is 11.9. The lowest BCUT2D eigenvalue weighted by molar-refractivity contribution is -0.148. The SMILES string of the molecule is CCOC(=O)C1CCN(c2ccc(C=NN=C(N)SCc3ccccc3)cc2C#N)CC1. The minimum Gasteiger partial charge on any atom is -0.466 e. The molecule has 0 saturated carbocycles. The molecule has 1 aliphatic rings. The third kappa shape index (κ3) is 6.59. The molecule has 0 radical (unpaired) electrons. The molecule has 0 aliphatic carbocycles. The standard InChI is InChI=1S/C24H27N5O2S/c1-2-31-23(30)20-10-12-29(13-11-20)22-9-8-19(14-21(22)15-25)16-27-28-24(26)32-17-18-6-4-3-5-7-18/h3-9,14,16,20H,2,10-13,17H2,1H3,(H2,26,28). The van der Waals surface area contributed by atoms with Crippen molar-refractivity contribution in [1.82, 2.24) is 0 Å². The average Bonchev–Trinajstić information content (AvgIpc) is 2.83. The summed E-state index contributed by atoms with van der Waals surface area (Å²) in [6, 6.07) is 17.9. The van der Waals surface area contributed by atoms with Gasteiger partial charge in [-0.3, -0.25) is 4.79 Å². The lowest BCUT2D eigenvalue weighted by Crippen LogP contribution is -2.37. The summed E-state index contributed by atoms with van der Waals surface area (Å²) in [5, 5.41) is 18.1. The van der Waals surface area contributed by atoms with Crippen LogP contribution in [0.2, 0.25) is 0 Å². The molecule has 1 heterocycles. The van der Waals surface area contributed by atoms with E-state index in [-0.39, 0.29) is 11.9 Å². The Morgan fingerprint density at radius 1 is 1.28 bits per heavy atom. The third-order valence-corrected chi connectivity index (χ3v) is 6.04. The number of esters is 1. The number of nitriles is 1. The molecule has 166 valence electrons. The Kier molecular flexibility index (Phi) is 8.70. The number of thioether (sulfide) groups is 1. The van der Waals surface area contributed by atoms with E-state index < -0.39 is 0 Å². The first-order chi connectivity index (χ1) is 15.6. The number of carbonyl (C=O) groups excluding carboxylic acids is 1. The fraction of sp³-hybridized carbons (Fsp3) is 0.333. The van der Waals surface area contributed by atoms with Crippen LogP contribution in [0.4, 0.5) is 5.69 Å². The van der Waals surface area contributed by atoms with Crippen molar-refractivity contribution in [2.24, 2.45) is 21.9 Å². The second-order valence-electron chi connectivity index (χ2n) is 7.36. The van der Waals surface area contributed by atoms with E-state index in [1.807, 2.05) is 49.4 Å². The van der Waals surface area contributed by atoms with Gasteiger partial charge >= 0.3 is 5.97 Å². The number of carbonyl (C=O) groups is 1. The van der Waals surface area contributed by atoms with Gasteiger partial charge in [0.05, 0.1) is 30.0 Å².